The van der Waals surface area contributed by atoms with Gasteiger partial charge in [-0.15, -0.1) is 0 Å². The topological polar surface area (TPSA) is 118 Å². The summed E-state index contributed by atoms with van der Waals surface area (Å²) in [6.07, 6.45) is -3.96. The van der Waals surface area contributed by atoms with Crippen molar-refractivity contribution in [3.63, 3.8) is 0 Å². The number of amides is 2. The van der Waals surface area contributed by atoms with Crippen LogP contribution in [0.15, 0.2) is 57.7 Å². The van der Waals surface area contributed by atoms with Crippen LogP contribution in [0.25, 0.3) is 0 Å². The first-order valence-corrected chi connectivity index (χ1v) is 13.2. The summed E-state index contributed by atoms with van der Waals surface area (Å²) in [7, 11) is 0. The number of allylic oxidation sites excluding steroid dienone is 3. The van der Waals surface area contributed by atoms with Gasteiger partial charge in [-0.1, -0.05) is 41.0 Å². The normalized spacial score (nSPS) is 24.0. The SMILES string of the molecule is C=C(Cl)/C=C(\C=C(\Cl)CF)C1(C(F)(F)F)CC(c2ccc(C(=O)N(C=O)C3CC3(CNO)C(=O)OCC)c(C)c2)=NO1. The van der Waals surface area contributed by atoms with Gasteiger partial charge < -0.3 is 14.8 Å². The van der Waals surface area contributed by atoms with E-state index in [9.17, 15) is 37.2 Å². The molecule has 228 valence electrons. The minimum absolute atomic E-state index is 0.0331. The first-order chi connectivity index (χ1) is 19.7. The molecule has 1 saturated carbocycles. The Bertz CT molecular complexity index is 1370. The van der Waals surface area contributed by atoms with E-state index in [0.717, 1.165) is 17.1 Å². The van der Waals surface area contributed by atoms with E-state index in [1.54, 1.807) is 6.92 Å². The number of imide groups is 1. The number of esters is 1. The van der Waals surface area contributed by atoms with Crippen molar-refractivity contribution >= 4 is 47.2 Å². The summed E-state index contributed by atoms with van der Waals surface area (Å²) >= 11 is 11.4. The average Bonchev–Trinajstić information content (AvgIpc) is 3.43. The molecular formula is C27H27Cl2F4N3O6. The van der Waals surface area contributed by atoms with Gasteiger partial charge in [-0.2, -0.15) is 13.2 Å². The van der Waals surface area contributed by atoms with E-state index >= 15 is 0 Å². The Morgan fingerprint density at radius 3 is 2.55 bits per heavy atom. The smallest absolute Gasteiger partial charge is 0.435 e. The van der Waals surface area contributed by atoms with Crippen molar-refractivity contribution in [2.45, 2.75) is 44.5 Å². The van der Waals surface area contributed by atoms with E-state index in [-0.39, 0.29) is 53.4 Å². The van der Waals surface area contributed by atoms with Crippen molar-refractivity contribution < 1.29 is 46.7 Å². The zero-order valence-corrected chi connectivity index (χ0v) is 23.9. The van der Waals surface area contributed by atoms with Crippen LogP contribution in [-0.4, -0.2) is 71.8 Å². The van der Waals surface area contributed by atoms with Crippen molar-refractivity contribution in [1.82, 2.24) is 10.4 Å². The van der Waals surface area contributed by atoms with Crippen LogP contribution in [0.2, 0.25) is 0 Å². The Kier molecular flexibility index (Phi) is 10.2. The van der Waals surface area contributed by atoms with Gasteiger partial charge in [0.2, 0.25) is 6.41 Å². The van der Waals surface area contributed by atoms with Crippen molar-refractivity contribution in [3.05, 3.63) is 69.3 Å². The maximum atomic E-state index is 14.4. The number of rotatable bonds is 12. The Labute approximate surface area is 248 Å². The van der Waals surface area contributed by atoms with Gasteiger partial charge in [0.05, 0.1) is 18.4 Å². The first kappa shape index (κ1) is 33.2. The highest BCUT2D eigenvalue weighted by molar-refractivity contribution is 6.31. The second-order valence-corrected chi connectivity index (χ2v) is 10.7. The second-order valence-electron chi connectivity index (χ2n) is 9.68. The lowest BCUT2D eigenvalue weighted by Crippen LogP contribution is -2.47. The molecule has 1 fully saturated rings. The highest BCUT2D eigenvalue weighted by atomic mass is 35.5. The van der Waals surface area contributed by atoms with E-state index in [1.165, 1.54) is 25.1 Å². The molecule has 0 bridgehead atoms. The van der Waals surface area contributed by atoms with Crippen molar-refractivity contribution in [2.24, 2.45) is 10.6 Å². The van der Waals surface area contributed by atoms with E-state index in [2.05, 4.69) is 11.7 Å². The maximum absolute atomic E-state index is 14.4. The molecule has 0 radical (unpaired) electrons. The predicted octanol–water partition coefficient (Wildman–Crippen LogP) is 5.09. The zero-order valence-electron chi connectivity index (χ0n) is 22.4. The van der Waals surface area contributed by atoms with Crippen molar-refractivity contribution in [1.29, 1.82) is 0 Å². The molecule has 3 unspecified atom stereocenters. The van der Waals surface area contributed by atoms with Gasteiger partial charge in [-0.05, 0) is 55.7 Å². The van der Waals surface area contributed by atoms with E-state index in [1.807, 2.05) is 5.48 Å². The maximum Gasteiger partial charge on any atom is 0.435 e. The number of nitrogens with one attached hydrogen (secondary N) is 1. The molecule has 2 N–H and O–H groups in total. The molecule has 2 aliphatic rings. The van der Waals surface area contributed by atoms with Gasteiger partial charge in [0, 0.05) is 34.2 Å². The summed E-state index contributed by atoms with van der Waals surface area (Å²) in [5, 5.41) is 12.0. The Hall–Kier alpha value is -3.26. The highest BCUT2D eigenvalue weighted by Gasteiger charge is 2.65. The van der Waals surface area contributed by atoms with E-state index < -0.39 is 58.8 Å². The molecule has 0 saturated heterocycles. The van der Waals surface area contributed by atoms with Crippen molar-refractivity contribution in [2.75, 3.05) is 19.8 Å². The molecule has 42 heavy (non-hydrogen) atoms. The van der Waals surface area contributed by atoms with Crippen LogP contribution in [0, 0.1) is 12.3 Å². The van der Waals surface area contributed by atoms with E-state index in [0.29, 0.717) is 0 Å². The van der Waals surface area contributed by atoms with Gasteiger partial charge in [0.15, 0.2) is 0 Å². The summed E-state index contributed by atoms with van der Waals surface area (Å²) < 4.78 is 61.4. The molecule has 1 heterocycles. The molecule has 3 rings (SSSR count). The molecule has 0 spiro atoms. The number of alkyl halides is 4. The number of hydrogen-bond acceptors (Lipinski definition) is 8. The van der Waals surface area contributed by atoms with Crippen LogP contribution in [0.4, 0.5) is 17.6 Å². The summed E-state index contributed by atoms with van der Waals surface area (Å²) in [5.74, 6) is -1.46. The minimum atomic E-state index is -5.05. The predicted molar refractivity (Wildman–Crippen MR) is 145 cm³/mol. The highest BCUT2D eigenvalue weighted by Crippen LogP contribution is 2.50. The fourth-order valence-corrected chi connectivity index (χ4v) is 4.98. The lowest BCUT2D eigenvalue weighted by molar-refractivity contribution is -0.251. The molecule has 1 aliphatic heterocycles. The van der Waals surface area contributed by atoms with Crippen LogP contribution in [0.3, 0.4) is 0 Å². The number of benzene rings is 1. The molecule has 15 heteroatoms. The fourth-order valence-electron chi connectivity index (χ4n) is 4.74. The Morgan fingerprint density at radius 2 is 2.02 bits per heavy atom. The van der Waals surface area contributed by atoms with Gasteiger partial charge in [0.25, 0.3) is 11.5 Å². The molecular weight excluding hydrogens is 609 g/mol. The molecule has 1 aliphatic carbocycles. The van der Waals surface area contributed by atoms with Gasteiger partial charge in [-0.25, -0.2) is 9.87 Å². The third kappa shape index (κ3) is 6.38. The minimum Gasteiger partial charge on any atom is -0.465 e. The largest absolute Gasteiger partial charge is 0.465 e. The summed E-state index contributed by atoms with van der Waals surface area (Å²) in [6, 6.07) is 3.12. The number of aryl methyl sites for hydroxylation is 1. The molecule has 1 aromatic rings. The monoisotopic (exact) mass is 635 g/mol. The van der Waals surface area contributed by atoms with Crippen molar-refractivity contribution in [3.8, 4) is 0 Å². The van der Waals surface area contributed by atoms with Crippen LogP contribution >= 0.6 is 23.2 Å². The van der Waals surface area contributed by atoms with Gasteiger partial charge >= 0.3 is 12.1 Å². The van der Waals surface area contributed by atoms with Crippen LogP contribution in [0.5, 0.6) is 0 Å². The summed E-state index contributed by atoms with van der Waals surface area (Å²) in [4.78, 5) is 43.5. The first-order valence-electron chi connectivity index (χ1n) is 12.4. The zero-order chi connectivity index (χ0) is 31.5. The lowest BCUT2D eigenvalue weighted by atomic mass is 9.85. The third-order valence-corrected chi connectivity index (χ3v) is 7.31. The standard InChI is InChI=1S/C27H27Cl2F4N3O6/c1-4-41-24(39)25(13-34-40)11-22(25)36(14-37)23(38)20-6-5-17(7-15(20)2)21-10-26(42-35-21,27(31,32)33)18(8-16(3)28)9-19(29)12-30/h5-9,14,22,34,40H,3-4,10-13H2,1-2H3/b18-8+,19-9+. The molecule has 9 nitrogen and oxygen atoms in total. The van der Waals surface area contributed by atoms with Crippen LogP contribution < -0.4 is 5.48 Å². The lowest BCUT2D eigenvalue weighted by Gasteiger charge is -2.30. The summed E-state index contributed by atoms with van der Waals surface area (Å²) in [5.41, 5.74) is -2.77. The number of nitrogens with zero attached hydrogens (tertiary/aromatic N) is 2. The molecule has 1 aromatic carbocycles. The number of carbonyl (C=O) groups is 3. The number of hydrogen-bond donors (Lipinski definition) is 2. The number of oxime groups is 1. The quantitative estimate of drug-likeness (QED) is 0.108. The second kappa shape index (κ2) is 12.9. The Balaban J connectivity index is 1.92. The average molecular weight is 636 g/mol. The summed E-state index contributed by atoms with van der Waals surface area (Å²) in [6.45, 7) is 5.01. The Morgan fingerprint density at radius 1 is 1.33 bits per heavy atom. The molecule has 0 aromatic heterocycles. The van der Waals surface area contributed by atoms with Crippen LogP contribution in [-0.2, 0) is 19.2 Å². The number of ether oxygens (including phenoxy) is 1. The fraction of sp³-hybridized carbons (Fsp3) is 0.407. The van der Waals surface area contributed by atoms with Crippen LogP contribution in [0.1, 0.15) is 41.3 Å². The van der Waals surface area contributed by atoms with Gasteiger partial charge in [0.1, 0.15) is 12.1 Å². The molecule has 2 amide bonds. The molecule has 3 atom stereocenters. The number of halogens is 6. The van der Waals surface area contributed by atoms with Gasteiger partial charge in [-0.3, -0.25) is 19.3 Å². The number of carbonyl (C=O) groups excluding carboxylic acids is 3. The third-order valence-electron chi connectivity index (χ3n) is 6.99. The number of hydroxylamine groups is 1. The van der Waals surface area contributed by atoms with E-state index in [4.69, 9.17) is 32.8 Å².